The molecule has 0 fully saturated rings. The molecule has 0 aliphatic carbocycles. The Morgan fingerprint density at radius 3 is 2.88 bits per heavy atom. The van der Waals surface area contributed by atoms with Gasteiger partial charge in [0.25, 0.3) is 5.56 Å². The fourth-order valence-corrected chi connectivity index (χ4v) is 4.00. The predicted molar refractivity (Wildman–Crippen MR) is 99.7 cm³/mol. The monoisotopic (exact) mass is 357 g/mol. The predicted octanol–water partition coefficient (Wildman–Crippen LogP) is 2.79. The topological polar surface area (TPSA) is 66.1 Å². The highest BCUT2D eigenvalue weighted by Crippen LogP contribution is 2.24. The van der Waals surface area contributed by atoms with Gasteiger partial charge in [-0.05, 0) is 30.9 Å². The molecule has 5 nitrogen and oxygen atoms in total. The number of fused-ring (bicyclic) bond motifs is 1. The number of H-pyrrole nitrogens is 1. The number of hydrogen-bond donors (Lipinski definition) is 1. The molecule has 1 amide bonds. The van der Waals surface area contributed by atoms with Gasteiger partial charge in [0.1, 0.15) is 0 Å². The van der Waals surface area contributed by atoms with Crippen LogP contribution in [0, 0.1) is 0 Å². The Labute approximate surface area is 151 Å². The highest BCUT2D eigenvalue weighted by molar-refractivity contribution is 8.00. The Bertz CT molecular complexity index is 818. The van der Waals surface area contributed by atoms with Crippen molar-refractivity contribution in [2.24, 2.45) is 0 Å². The van der Waals surface area contributed by atoms with Crippen LogP contribution in [0.1, 0.15) is 37.1 Å². The fourth-order valence-electron chi connectivity index (χ4n) is 3.08. The van der Waals surface area contributed by atoms with E-state index in [2.05, 4.69) is 29.0 Å². The Morgan fingerprint density at radius 1 is 1.36 bits per heavy atom. The SMILES string of the molecule is CCCc1cc(=O)[nH]c(S[C@H](C)C(=O)N2CCc3ccccc3C2)n1. The molecule has 132 valence electrons. The molecular formula is C19H23N3O2S. The van der Waals surface area contributed by atoms with E-state index < -0.39 is 0 Å². The van der Waals surface area contributed by atoms with Crippen LogP contribution in [0.4, 0.5) is 0 Å². The quantitative estimate of drug-likeness (QED) is 0.660. The minimum absolute atomic E-state index is 0.0862. The average Bonchev–Trinajstić information content (AvgIpc) is 2.60. The van der Waals surface area contributed by atoms with E-state index in [1.54, 1.807) is 0 Å². The van der Waals surface area contributed by atoms with Crippen molar-refractivity contribution in [3.05, 3.63) is 57.5 Å². The van der Waals surface area contributed by atoms with E-state index in [1.165, 1.54) is 29.0 Å². The number of carbonyl (C=O) groups excluding carboxylic acids is 1. The second-order valence-corrected chi connectivity index (χ2v) is 7.66. The van der Waals surface area contributed by atoms with Gasteiger partial charge in [0.15, 0.2) is 5.16 Å². The molecular weight excluding hydrogens is 334 g/mol. The van der Waals surface area contributed by atoms with Crippen molar-refractivity contribution in [3.8, 4) is 0 Å². The molecule has 0 saturated carbocycles. The average molecular weight is 357 g/mol. The Morgan fingerprint density at radius 2 is 2.12 bits per heavy atom. The van der Waals surface area contributed by atoms with Gasteiger partial charge >= 0.3 is 0 Å². The number of aromatic nitrogens is 2. The van der Waals surface area contributed by atoms with Crippen LogP contribution in [-0.2, 0) is 24.2 Å². The van der Waals surface area contributed by atoms with E-state index in [9.17, 15) is 9.59 Å². The van der Waals surface area contributed by atoms with Crippen molar-refractivity contribution in [1.82, 2.24) is 14.9 Å². The van der Waals surface area contributed by atoms with Crippen molar-refractivity contribution >= 4 is 17.7 Å². The lowest BCUT2D eigenvalue weighted by Crippen LogP contribution is -2.40. The third-order valence-electron chi connectivity index (χ3n) is 4.36. The summed E-state index contributed by atoms with van der Waals surface area (Å²) in [6.07, 6.45) is 2.59. The lowest BCUT2D eigenvalue weighted by molar-refractivity contribution is -0.131. The molecule has 3 rings (SSSR count). The van der Waals surface area contributed by atoms with Gasteiger partial charge in [0, 0.05) is 24.8 Å². The maximum Gasteiger partial charge on any atom is 0.251 e. The third-order valence-corrected chi connectivity index (χ3v) is 5.33. The fraction of sp³-hybridized carbons (Fsp3) is 0.421. The van der Waals surface area contributed by atoms with Crippen molar-refractivity contribution in [2.75, 3.05) is 6.54 Å². The molecule has 0 radical (unpaired) electrons. The number of aryl methyl sites for hydroxylation is 1. The van der Waals surface area contributed by atoms with Gasteiger partial charge < -0.3 is 9.88 Å². The van der Waals surface area contributed by atoms with Gasteiger partial charge in [0.2, 0.25) is 5.91 Å². The summed E-state index contributed by atoms with van der Waals surface area (Å²) in [5.41, 5.74) is 3.16. The van der Waals surface area contributed by atoms with Crippen LogP contribution in [-0.4, -0.2) is 32.6 Å². The highest BCUT2D eigenvalue weighted by Gasteiger charge is 2.25. The number of thioether (sulfide) groups is 1. The van der Waals surface area contributed by atoms with Crippen LogP contribution in [0.25, 0.3) is 0 Å². The Hall–Kier alpha value is -2.08. The largest absolute Gasteiger partial charge is 0.337 e. The van der Waals surface area contributed by atoms with Crippen LogP contribution >= 0.6 is 11.8 Å². The molecule has 0 saturated heterocycles. The van der Waals surface area contributed by atoms with E-state index in [4.69, 9.17) is 0 Å². The van der Waals surface area contributed by atoms with Crippen LogP contribution in [0.3, 0.4) is 0 Å². The number of rotatable bonds is 5. The first-order valence-electron chi connectivity index (χ1n) is 8.69. The molecule has 25 heavy (non-hydrogen) atoms. The summed E-state index contributed by atoms with van der Waals surface area (Å²) < 4.78 is 0. The Balaban J connectivity index is 1.68. The first-order chi connectivity index (χ1) is 12.1. The van der Waals surface area contributed by atoms with E-state index in [0.29, 0.717) is 11.7 Å². The molecule has 0 spiro atoms. The van der Waals surface area contributed by atoms with Crippen molar-refractivity contribution < 1.29 is 4.79 Å². The smallest absolute Gasteiger partial charge is 0.251 e. The maximum absolute atomic E-state index is 12.8. The second kappa shape index (κ2) is 7.87. The number of carbonyl (C=O) groups is 1. The molecule has 2 aromatic rings. The van der Waals surface area contributed by atoms with Crippen molar-refractivity contribution in [2.45, 2.75) is 50.1 Å². The number of amides is 1. The van der Waals surface area contributed by atoms with Crippen molar-refractivity contribution in [1.29, 1.82) is 0 Å². The highest BCUT2D eigenvalue weighted by atomic mass is 32.2. The summed E-state index contributed by atoms with van der Waals surface area (Å²) in [6, 6.07) is 9.80. The van der Waals surface area contributed by atoms with Gasteiger partial charge in [-0.15, -0.1) is 0 Å². The molecule has 1 atom stereocenters. The molecule has 1 aromatic heterocycles. The number of nitrogens with one attached hydrogen (secondary N) is 1. The molecule has 1 aliphatic rings. The summed E-state index contributed by atoms with van der Waals surface area (Å²) in [5.74, 6) is 0.0862. The minimum Gasteiger partial charge on any atom is -0.337 e. The second-order valence-electron chi connectivity index (χ2n) is 6.33. The number of nitrogens with zero attached hydrogens (tertiary/aromatic N) is 2. The van der Waals surface area contributed by atoms with Crippen LogP contribution in [0.5, 0.6) is 0 Å². The molecule has 2 heterocycles. The minimum atomic E-state index is -0.287. The first kappa shape index (κ1) is 17.7. The van der Waals surface area contributed by atoms with Crippen molar-refractivity contribution in [3.63, 3.8) is 0 Å². The zero-order valence-electron chi connectivity index (χ0n) is 14.6. The van der Waals surface area contributed by atoms with E-state index in [1.807, 2.05) is 24.0 Å². The lowest BCUT2D eigenvalue weighted by Gasteiger charge is -2.30. The van der Waals surface area contributed by atoms with E-state index in [0.717, 1.165) is 31.5 Å². The molecule has 1 aliphatic heterocycles. The summed E-state index contributed by atoms with van der Waals surface area (Å²) in [5, 5.41) is 0.236. The molecule has 1 aromatic carbocycles. The van der Waals surface area contributed by atoms with E-state index in [-0.39, 0.29) is 16.7 Å². The van der Waals surface area contributed by atoms with Gasteiger partial charge in [-0.2, -0.15) is 0 Å². The Kier molecular flexibility index (Phi) is 5.58. The van der Waals surface area contributed by atoms with Gasteiger partial charge in [-0.25, -0.2) is 4.98 Å². The van der Waals surface area contributed by atoms with Gasteiger partial charge in [-0.3, -0.25) is 9.59 Å². The summed E-state index contributed by atoms with van der Waals surface area (Å²) in [7, 11) is 0. The maximum atomic E-state index is 12.8. The summed E-state index contributed by atoms with van der Waals surface area (Å²) in [6.45, 7) is 5.32. The summed E-state index contributed by atoms with van der Waals surface area (Å²) >= 11 is 1.32. The first-order valence-corrected chi connectivity index (χ1v) is 9.57. The normalized spacial score (nSPS) is 14.9. The number of aromatic amines is 1. The number of hydrogen-bond acceptors (Lipinski definition) is 4. The van der Waals surface area contributed by atoms with Gasteiger partial charge in [-0.1, -0.05) is 49.4 Å². The van der Waals surface area contributed by atoms with Crippen LogP contribution < -0.4 is 5.56 Å². The zero-order valence-corrected chi connectivity index (χ0v) is 15.4. The third kappa shape index (κ3) is 4.31. The lowest BCUT2D eigenvalue weighted by atomic mass is 10.00. The van der Waals surface area contributed by atoms with Gasteiger partial charge in [0.05, 0.1) is 5.25 Å². The van der Waals surface area contributed by atoms with Crippen LogP contribution in [0.2, 0.25) is 0 Å². The standard InChI is InChI=1S/C19H23N3O2S/c1-3-6-16-11-17(23)21-19(20-16)25-13(2)18(24)22-10-9-14-7-4-5-8-15(14)12-22/h4-5,7-8,11,13H,3,6,9-10,12H2,1-2H3,(H,20,21,23)/t13-/m1/s1. The summed E-state index contributed by atoms with van der Waals surface area (Å²) in [4.78, 5) is 33.7. The molecule has 1 N–H and O–H groups in total. The zero-order chi connectivity index (χ0) is 17.8. The number of benzene rings is 1. The molecule has 0 unspecified atom stereocenters. The molecule has 0 bridgehead atoms. The van der Waals surface area contributed by atoms with E-state index >= 15 is 0 Å². The molecule has 6 heteroatoms. The van der Waals surface area contributed by atoms with Crippen LogP contribution in [0.15, 0.2) is 40.3 Å².